The number of hydrogen-bond donors (Lipinski definition) is 1. The lowest BCUT2D eigenvalue weighted by Crippen LogP contribution is -2.38. The highest BCUT2D eigenvalue weighted by Gasteiger charge is 2.35. The van der Waals surface area contributed by atoms with Gasteiger partial charge in [-0.1, -0.05) is 22.0 Å². The maximum absolute atomic E-state index is 13.1. The lowest BCUT2D eigenvalue weighted by molar-refractivity contribution is -0.117. The third kappa shape index (κ3) is 3.24. The molecular weight excluding hydrogens is 484 g/mol. The second-order valence-electron chi connectivity index (χ2n) is 5.73. The summed E-state index contributed by atoms with van der Waals surface area (Å²) >= 11 is 8.25. The molecular formula is C18H12Br2N2O3S. The molecule has 1 aliphatic rings. The van der Waals surface area contributed by atoms with E-state index in [9.17, 15) is 9.59 Å². The number of nitrogens with zero attached hydrogens (tertiary/aromatic N) is 1. The van der Waals surface area contributed by atoms with Gasteiger partial charge in [-0.15, -0.1) is 11.3 Å². The number of nitrogens with one attached hydrogen (secondary N) is 1. The molecule has 0 saturated carbocycles. The van der Waals surface area contributed by atoms with Gasteiger partial charge in [0, 0.05) is 20.6 Å². The van der Waals surface area contributed by atoms with E-state index in [0.29, 0.717) is 10.4 Å². The smallest absolute Gasteiger partial charge is 0.290 e. The zero-order chi connectivity index (χ0) is 18.3. The lowest BCUT2D eigenvalue weighted by atomic mass is 10.0. The van der Waals surface area contributed by atoms with Crippen molar-refractivity contribution in [3.63, 3.8) is 0 Å². The molecule has 1 atom stereocenters. The van der Waals surface area contributed by atoms with Crippen LogP contribution in [-0.2, 0) is 4.79 Å². The molecule has 1 unspecified atom stereocenters. The lowest BCUT2D eigenvalue weighted by Gasteiger charge is -2.28. The molecule has 8 heteroatoms. The van der Waals surface area contributed by atoms with Crippen LogP contribution in [0.1, 0.15) is 27.0 Å². The van der Waals surface area contributed by atoms with Crippen molar-refractivity contribution >= 4 is 60.7 Å². The number of rotatable bonds is 2. The predicted molar refractivity (Wildman–Crippen MR) is 106 cm³/mol. The number of amides is 2. The Morgan fingerprint density at radius 2 is 2.08 bits per heavy atom. The fraction of sp³-hybridized carbons (Fsp3) is 0.111. The molecule has 1 aromatic carbocycles. The van der Waals surface area contributed by atoms with E-state index in [-0.39, 0.29) is 24.1 Å². The Morgan fingerprint density at radius 3 is 2.77 bits per heavy atom. The van der Waals surface area contributed by atoms with Crippen molar-refractivity contribution in [2.45, 2.75) is 6.04 Å². The average molecular weight is 496 g/mol. The van der Waals surface area contributed by atoms with Crippen molar-refractivity contribution in [1.82, 2.24) is 4.90 Å². The summed E-state index contributed by atoms with van der Waals surface area (Å²) < 4.78 is 6.79. The first-order valence-corrected chi connectivity index (χ1v) is 10.2. The van der Waals surface area contributed by atoms with Gasteiger partial charge in [-0.25, -0.2) is 0 Å². The van der Waals surface area contributed by atoms with Crippen molar-refractivity contribution in [3.8, 4) is 0 Å². The number of furan rings is 1. The summed E-state index contributed by atoms with van der Waals surface area (Å²) in [5, 5.41) is 4.85. The molecule has 132 valence electrons. The van der Waals surface area contributed by atoms with Gasteiger partial charge in [-0.05, 0) is 57.7 Å². The van der Waals surface area contributed by atoms with Crippen molar-refractivity contribution in [2.75, 3.05) is 11.9 Å². The van der Waals surface area contributed by atoms with Crippen LogP contribution in [-0.4, -0.2) is 23.3 Å². The monoisotopic (exact) mass is 494 g/mol. The summed E-state index contributed by atoms with van der Waals surface area (Å²) in [5.74, 6) is -0.395. The van der Waals surface area contributed by atoms with Crippen LogP contribution in [0.5, 0.6) is 0 Å². The van der Waals surface area contributed by atoms with Crippen LogP contribution in [0.25, 0.3) is 0 Å². The molecule has 26 heavy (non-hydrogen) atoms. The molecule has 0 bridgehead atoms. The predicted octanol–water partition coefficient (Wildman–Crippen LogP) is 5.05. The van der Waals surface area contributed by atoms with Gasteiger partial charge in [0.05, 0.1) is 6.04 Å². The van der Waals surface area contributed by atoms with Crippen molar-refractivity contribution in [3.05, 3.63) is 73.2 Å². The van der Waals surface area contributed by atoms with Crippen molar-refractivity contribution in [2.24, 2.45) is 0 Å². The Morgan fingerprint density at radius 1 is 1.23 bits per heavy atom. The average Bonchev–Trinajstić information content (AvgIpc) is 3.25. The van der Waals surface area contributed by atoms with Gasteiger partial charge < -0.3 is 14.6 Å². The number of fused-ring (bicyclic) bond motifs is 1. The van der Waals surface area contributed by atoms with E-state index < -0.39 is 6.04 Å². The van der Waals surface area contributed by atoms with E-state index in [1.807, 2.05) is 35.7 Å². The minimum absolute atomic E-state index is 0.0635. The molecule has 0 aliphatic carbocycles. The van der Waals surface area contributed by atoms with E-state index >= 15 is 0 Å². The quantitative estimate of drug-likeness (QED) is 0.541. The van der Waals surface area contributed by atoms with Gasteiger partial charge in [0.2, 0.25) is 5.91 Å². The number of anilines is 1. The molecule has 0 saturated heterocycles. The van der Waals surface area contributed by atoms with Gasteiger partial charge >= 0.3 is 0 Å². The Labute approximate surface area is 170 Å². The summed E-state index contributed by atoms with van der Waals surface area (Å²) in [6, 6.07) is 12.4. The van der Waals surface area contributed by atoms with E-state index in [4.69, 9.17) is 4.42 Å². The zero-order valence-corrected chi connectivity index (χ0v) is 17.2. The van der Waals surface area contributed by atoms with Gasteiger partial charge in [-0.2, -0.15) is 0 Å². The second kappa shape index (κ2) is 7.02. The van der Waals surface area contributed by atoms with Crippen LogP contribution in [0.2, 0.25) is 0 Å². The SMILES string of the molecule is O=C1CN(C(=O)c2ccc(Br)o2)C(c2cccs2)c2cc(Br)ccc2N1. The Kier molecular flexibility index (Phi) is 4.73. The summed E-state index contributed by atoms with van der Waals surface area (Å²) in [6.07, 6.45) is 0. The molecule has 4 rings (SSSR count). The van der Waals surface area contributed by atoms with E-state index in [1.165, 1.54) is 0 Å². The van der Waals surface area contributed by atoms with Crippen LogP contribution in [0.3, 0.4) is 0 Å². The van der Waals surface area contributed by atoms with Crippen LogP contribution in [0.15, 0.2) is 61.4 Å². The highest BCUT2D eigenvalue weighted by molar-refractivity contribution is 9.10. The summed E-state index contributed by atoms with van der Waals surface area (Å²) in [4.78, 5) is 28.1. The van der Waals surface area contributed by atoms with Crippen LogP contribution >= 0.6 is 43.2 Å². The highest BCUT2D eigenvalue weighted by Crippen LogP contribution is 2.39. The van der Waals surface area contributed by atoms with E-state index in [2.05, 4.69) is 37.2 Å². The normalized spacial score (nSPS) is 16.8. The Bertz CT molecular complexity index is 984. The number of halogens is 2. The first-order chi connectivity index (χ1) is 12.5. The zero-order valence-electron chi connectivity index (χ0n) is 13.2. The van der Waals surface area contributed by atoms with Crippen LogP contribution in [0.4, 0.5) is 5.69 Å². The number of carbonyl (C=O) groups excluding carboxylic acids is 2. The third-order valence-corrected chi connectivity index (χ3v) is 5.91. The number of carbonyl (C=O) groups is 2. The Hall–Kier alpha value is -1.90. The number of thiophene rings is 1. The molecule has 1 N–H and O–H groups in total. The standard InChI is InChI=1S/C18H12Br2N2O3S/c19-10-3-4-12-11(8-10)17(14-2-1-7-26-14)22(9-16(23)21-12)18(24)13-5-6-15(20)25-13/h1-8,17H,9H2,(H,21,23). The number of hydrogen-bond acceptors (Lipinski definition) is 4. The minimum atomic E-state index is -0.391. The maximum Gasteiger partial charge on any atom is 0.290 e. The second-order valence-corrected chi connectivity index (χ2v) is 8.41. The molecule has 0 radical (unpaired) electrons. The molecule has 0 fully saturated rings. The van der Waals surface area contributed by atoms with Gasteiger partial charge in [0.15, 0.2) is 10.4 Å². The highest BCUT2D eigenvalue weighted by atomic mass is 79.9. The largest absolute Gasteiger partial charge is 0.444 e. The van der Waals surface area contributed by atoms with Gasteiger partial charge in [-0.3, -0.25) is 9.59 Å². The molecule has 1 aliphatic heterocycles. The Balaban J connectivity index is 1.88. The van der Waals surface area contributed by atoms with Crippen LogP contribution < -0.4 is 5.32 Å². The maximum atomic E-state index is 13.1. The number of benzene rings is 1. The van der Waals surface area contributed by atoms with Gasteiger partial charge in [0.25, 0.3) is 5.91 Å². The molecule has 5 nitrogen and oxygen atoms in total. The molecule has 3 heterocycles. The van der Waals surface area contributed by atoms with Gasteiger partial charge in [0.1, 0.15) is 6.54 Å². The summed E-state index contributed by atoms with van der Waals surface area (Å²) in [6.45, 7) is -0.0635. The van der Waals surface area contributed by atoms with Crippen molar-refractivity contribution < 1.29 is 14.0 Å². The van der Waals surface area contributed by atoms with E-state index in [0.717, 1.165) is 14.9 Å². The topological polar surface area (TPSA) is 62.6 Å². The van der Waals surface area contributed by atoms with E-state index in [1.54, 1.807) is 28.4 Å². The minimum Gasteiger partial charge on any atom is -0.444 e. The molecule has 2 amide bonds. The fourth-order valence-electron chi connectivity index (χ4n) is 2.99. The molecule has 3 aromatic rings. The molecule has 0 spiro atoms. The first kappa shape index (κ1) is 17.5. The fourth-order valence-corrected chi connectivity index (χ4v) is 4.53. The third-order valence-electron chi connectivity index (χ3n) is 4.07. The molecule has 2 aromatic heterocycles. The van der Waals surface area contributed by atoms with Crippen molar-refractivity contribution in [1.29, 1.82) is 0 Å². The summed E-state index contributed by atoms with van der Waals surface area (Å²) in [7, 11) is 0. The van der Waals surface area contributed by atoms with Crippen LogP contribution in [0, 0.1) is 0 Å². The first-order valence-electron chi connectivity index (χ1n) is 7.72. The summed E-state index contributed by atoms with van der Waals surface area (Å²) in [5.41, 5.74) is 1.55.